The lowest BCUT2D eigenvalue weighted by atomic mass is 10.1. The Balaban J connectivity index is 1.95. The Morgan fingerprint density at radius 2 is 1.93 bits per heavy atom. The summed E-state index contributed by atoms with van der Waals surface area (Å²) in [6, 6.07) is 16.3. The predicted octanol–water partition coefficient (Wildman–Crippen LogP) is 4.83. The number of thioether (sulfide) groups is 1. The van der Waals surface area contributed by atoms with Gasteiger partial charge in [0.2, 0.25) is 0 Å². The SMILES string of the molecule is COC(=O)c1[nH]cc(Cc2cccc(Cl)c2)c1N=C(NC(=O)c1ccccc1)SC. The van der Waals surface area contributed by atoms with Crippen molar-refractivity contribution in [2.75, 3.05) is 13.4 Å². The van der Waals surface area contributed by atoms with Crippen LogP contribution in [-0.4, -0.2) is 35.4 Å². The average molecular weight is 442 g/mol. The summed E-state index contributed by atoms with van der Waals surface area (Å²) in [5, 5.41) is 3.78. The highest BCUT2D eigenvalue weighted by atomic mass is 35.5. The van der Waals surface area contributed by atoms with Crippen molar-refractivity contribution in [2.45, 2.75) is 6.42 Å². The van der Waals surface area contributed by atoms with Crippen molar-refractivity contribution in [1.29, 1.82) is 0 Å². The molecule has 6 nitrogen and oxygen atoms in total. The van der Waals surface area contributed by atoms with Gasteiger partial charge in [-0.25, -0.2) is 9.79 Å². The van der Waals surface area contributed by atoms with E-state index in [4.69, 9.17) is 16.3 Å². The first-order chi connectivity index (χ1) is 14.5. The highest BCUT2D eigenvalue weighted by Gasteiger charge is 2.19. The number of aromatic amines is 1. The summed E-state index contributed by atoms with van der Waals surface area (Å²) in [5.41, 5.74) is 2.89. The Hall–Kier alpha value is -3.03. The lowest BCUT2D eigenvalue weighted by molar-refractivity contribution is 0.0595. The number of aromatic nitrogens is 1. The number of esters is 1. The molecule has 0 radical (unpaired) electrons. The van der Waals surface area contributed by atoms with E-state index < -0.39 is 5.97 Å². The second kappa shape index (κ2) is 10.1. The zero-order valence-corrected chi connectivity index (χ0v) is 18.0. The summed E-state index contributed by atoms with van der Waals surface area (Å²) in [5.74, 6) is -0.823. The van der Waals surface area contributed by atoms with Crippen molar-refractivity contribution in [2.24, 2.45) is 4.99 Å². The maximum Gasteiger partial charge on any atom is 0.356 e. The van der Waals surface area contributed by atoms with E-state index in [0.29, 0.717) is 27.9 Å². The van der Waals surface area contributed by atoms with Crippen LogP contribution in [0, 0.1) is 0 Å². The molecule has 0 aliphatic rings. The largest absolute Gasteiger partial charge is 0.464 e. The van der Waals surface area contributed by atoms with Crippen molar-refractivity contribution in [1.82, 2.24) is 10.3 Å². The summed E-state index contributed by atoms with van der Waals surface area (Å²) in [6.45, 7) is 0. The van der Waals surface area contributed by atoms with Crippen LogP contribution in [0.1, 0.15) is 32.0 Å². The third kappa shape index (κ3) is 5.31. The number of hydrogen-bond acceptors (Lipinski definition) is 5. The van der Waals surface area contributed by atoms with E-state index in [-0.39, 0.29) is 11.6 Å². The standard InChI is InChI=1S/C22H20ClN3O3S/c1-29-21(28)19-18(16(13-24-19)11-14-7-6-10-17(23)12-14)25-22(30-2)26-20(27)15-8-4-3-5-9-15/h3-10,12-13,24H,11H2,1-2H3,(H,25,26,27). The summed E-state index contributed by atoms with van der Waals surface area (Å²) < 4.78 is 4.87. The van der Waals surface area contributed by atoms with Crippen LogP contribution in [0.15, 0.2) is 65.8 Å². The van der Waals surface area contributed by atoms with Crippen molar-refractivity contribution in [3.63, 3.8) is 0 Å². The highest BCUT2D eigenvalue weighted by molar-refractivity contribution is 8.13. The van der Waals surface area contributed by atoms with Gasteiger partial charge in [-0.2, -0.15) is 0 Å². The average Bonchev–Trinajstić information content (AvgIpc) is 3.15. The molecule has 0 bridgehead atoms. The van der Waals surface area contributed by atoms with Gasteiger partial charge >= 0.3 is 5.97 Å². The first kappa shape index (κ1) is 21.7. The summed E-state index contributed by atoms with van der Waals surface area (Å²) in [7, 11) is 1.31. The highest BCUT2D eigenvalue weighted by Crippen LogP contribution is 2.29. The van der Waals surface area contributed by atoms with E-state index in [1.807, 2.05) is 24.3 Å². The molecule has 0 spiro atoms. The number of nitrogens with zero attached hydrogens (tertiary/aromatic N) is 1. The summed E-state index contributed by atoms with van der Waals surface area (Å²) in [6.07, 6.45) is 4.01. The molecule has 30 heavy (non-hydrogen) atoms. The van der Waals surface area contributed by atoms with Crippen LogP contribution in [0.25, 0.3) is 0 Å². The van der Waals surface area contributed by atoms with Gasteiger partial charge in [0.05, 0.1) is 7.11 Å². The topological polar surface area (TPSA) is 83.6 Å². The molecule has 1 heterocycles. The van der Waals surface area contributed by atoms with Crippen molar-refractivity contribution < 1.29 is 14.3 Å². The molecule has 1 aromatic heterocycles. The monoisotopic (exact) mass is 441 g/mol. The Labute approximate surface area is 183 Å². The van der Waals surface area contributed by atoms with E-state index in [9.17, 15) is 9.59 Å². The number of benzene rings is 2. The van der Waals surface area contributed by atoms with Crippen LogP contribution >= 0.6 is 23.4 Å². The molecular formula is C22H20ClN3O3S. The van der Waals surface area contributed by atoms with Crippen molar-refractivity contribution in [3.8, 4) is 0 Å². The van der Waals surface area contributed by atoms with E-state index in [1.54, 1.807) is 42.8 Å². The van der Waals surface area contributed by atoms with Gasteiger partial charge in [0.25, 0.3) is 5.91 Å². The fraction of sp³-hybridized carbons (Fsp3) is 0.136. The molecule has 154 valence electrons. The van der Waals surface area contributed by atoms with E-state index in [0.717, 1.165) is 11.1 Å². The molecule has 0 unspecified atom stereocenters. The first-order valence-electron chi connectivity index (χ1n) is 9.04. The number of rotatable bonds is 5. The van der Waals surface area contributed by atoms with Gasteiger partial charge in [-0.1, -0.05) is 53.7 Å². The fourth-order valence-electron chi connectivity index (χ4n) is 2.83. The number of carbonyl (C=O) groups excluding carboxylic acids is 2. The van der Waals surface area contributed by atoms with Gasteiger partial charge in [0.15, 0.2) is 10.9 Å². The molecule has 3 rings (SSSR count). The lowest BCUT2D eigenvalue weighted by Crippen LogP contribution is -2.28. The quantitative estimate of drug-likeness (QED) is 0.337. The first-order valence-corrected chi connectivity index (χ1v) is 10.6. The van der Waals surface area contributed by atoms with Crippen LogP contribution in [-0.2, 0) is 11.2 Å². The zero-order chi connectivity index (χ0) is 21.5. The molecule has 3 aromatic rings. The lowest BCUT2D eigenvalue weighted by Gasteiger charge is -2.08. The van der Waals surface area contributed by atoms with Crippen LogP contribution < -0.4 is 5.32 Å². The third-order valence-corrected chi connectivity index (χ3v) is 5.08. The van der Waals surface area contributed by atoms with Crippen molar-refractivity contribution >= 4 is 46.1 Å². The van der Waals surface area contributed by atoms with Gasteiger partial charge in [-0.15, -0.1) is 0 Å². The number of halogens is 1. The van der Waals surface area contributed by atoms with Gasteiger partial charge in [-0.3, -0.25) is 4.79 Å². The Morgan fingerprint density at radius 1 is 1.17 bits per heavy atom. The number of H-pyrrole nitrogens is 1. The molecule has 1 amide bonds. The molecule has 0 atom stereocenters. The Morgan fingerprint density at radius 3 is 2.60 bits per heavy atom. The van der Waals surface area contributed by atoms with Crippen LogP contribution in [0.5, 0.6) is 0 Å². The van der Waals surface area contributed by atoms with Crippen LogP contribution in [0.2, 0.25) is 5.02 Å². The van der Waals surface area contributed by atoms with E-state index in [2.05, 4.69) is 15.3 Å². The summed E-state index contributed by atoms with van der Waals surface area (Å²) in [4.78, 5) is 32.3. The molecule has 0 saturated heterocycles. The molecule has 0 fully saturated rings. The fourth-order valence-corrected chi connectivity index (χ4v) is 3.42. The number of ether oxygens (including phenoxy) is 1. The number of nitrogens with one attached hydrogen (secondary N) is 2. The number of methoxy groups -OCH3 is 1. The molecule has 8 heteroatoms. The maximum atomic E-state index is 12.5. The molecule has 0 saturated carbocycles. The minimum atomic E-state index is -0.541. The molecule has 2 N–H and O–H groups in total. The number of amides is 1. The van der Waals surface area contributed by atoms with E-state index >= 15 is 0 Å². The third-order valence-electron chi connectivity index (χ3n) is 4.27. The second-order valence-electron chi connectivity index (χ2n) is 6.28. The minimum Gasteiger partial charge on any atom is -0.464 e. The normalized spacial score (nSPS) is 11.2. The molecular weight excluding hydrogens is 422 g/mol. The number of hydrogen-bond donors (Lipinski definition) is 2. The summed E-state index contributed by atoms with van der Waals surface area (Å²) >= 11 is 7.36. The van der Waals surface area contributed by atoms with Crippen LogP contribution in [0.4, 0.5) is 5.69 Å². The Kier molecular flexibility index (Phi) is 7.32. The van der Waals surface area contributed by atoms with Crippen LogP contribution in [0.3, 0.4) is 0 Å². The van der Waals surface area contributed by atoms with Gasteiger partial charge in [0, 0.05) is 28.8 Å². The van der Waals surface area contributed by atoms with Gasteiger partial charge in [0.1, 0.15) is 5.69 Å². The zero-order valence-electron chi connectivity index (χ0n) is 16.4. The van der Waals surface area contributed by atoms with Gasteiger partial charge in [-0.05, 0) is 36.1 Å². The van der Waals surface area contributed by atoms with Crippen molar-refractivity contribution in [3.05, 3.63) is 88.2 Å². The maximum absolute atomic E-state index is 12.5. The Bertz CT molecular complexity index is 1080. The molecule has 0 aliphatic heterocycles. The number of carbonyl (C=O) groups is 2. The predicted molar refractivity (Wildman–Crippen MR) is 121 cm³/mol. The molecule has 2 aromatic carbocycles. The smallest absolute Gasteiger partial charge is 0.356 e. The molecule has 0 aliphatic carbocycles. The van der Waals surface area contributed by atoms with E-state index in [1.165, 1.54) is 18.9 Å². The van der Waals surface area contributed by atoms with Gasteiger partial charge < -0.3 is 15.0 Å². The number of aliphatic imine (C=N–C) groups is 1. The minimum absolute atomic E-state index is 0.218. The number of amidine groups is 1. The second-order valence-corrected chi connectivity index (χ2v) is 7.51.